The minimum Gasteiger partial charge on any atom is -0.379 e. The van der Waals surface area contributed by atoms with Crippen molar-refractivity contribution in [3.8, 4) is 0 Å². The van der Waals surface area contributed by atoms with E-state index in [1.54, 1.807) is 12.4 Å². The van der Waals surface area contributed by atoms with Crippen LogP contribution >= 0.6 is 0 Å². The predicted molar refractivity (Wildman–Crippen MR) is 65.6 cm³/mol. The number of nitrogens with zero attached hydrogens (tertiary/aromatic N) is 2. The molecule has 1 aromatic heterocycles. The highest BCUT2D eigenvalue weighted by Crippen LogP contribution is 2.01. The van der Waals surface area contributed by atoms with Crippen LogP contribution in [-0.4, -0.2) is 35.5 Å². The van der Waals surface area contributed by atoms with Gasteiger partial charge in [0.2, 0.25) is 0 Å². The molecule has 104 valence electrons. The molecule has 0 aliphatic heterocycles. The van der Waals surface area contributed by atoms with Crippen LogP contribution in [0.25, 0.3) is 0 Å². The summed E-state index contributed by atoms with van der Waals surface area (Å²) in [4.78, 5) is 0. The lowest BCUT2D eigenvalue weighted by atomic mass is 10.3. The summed E-state index contributed by atoms with van der Waals surface area (Å²) in [6.45, 7) is 5.88. The highest BCUT2D eigenvalue weighted by molar-refractivity contribution is 5.03. The predicted octanol–water partition coefficient (Wildman–Crippen LogP) is 2.05. The Labute approximate surface area is 106 Å². The van der Waals surface area contributed by atoms with Crippen LogP contribution in [0.5, 0.6) is 0 Å². The van der Waals surface area contributed by atoms with E-state index in [0.717, 1.165) is 25.1 Å². The first-order valence-corrected chi connectivity index (χ1v) is 6.19. The van der Waals surface area contributed by atoms with E-state index in [1.807, 2.05) is 13.8 Å². The second-order valence-corrected chi connectivity index (χ2v) is 4.41. The molecule has 0 saturated carbocycles. The maximum atomic E-state index is 12.1. The van der Waals surface area contributed by atoms with Crippen molar-refractivity contribution in [3.05, 3.63) is 18.0 Å². The van der Waals surface area contributed by atoms with Crippen LogP contribution in [0.1, 0.15) is 25.8 Å². The molecular formula is C12H21F2N3O. The Morgan fingerprint density at radius 3 is 2.89 bits per heavy atom. The Morgan fingerprint density at radius 2 is 2.22 bits per heavy atom. The summed E-state index contributed by atoms with van der Waals surface area (Å²) in [6, 6.07) is 0. The Hall–Kier alpha value is -1.01. The number of ether oxygens (including phenoxy) is 1. The summed E-state index contributed by atoms with van der Waals surface area (Å²) in [5.41, 5.74) is 0.917. The van der Waals surface area contributed by atoms with E-state index < -0.39 is 6.43 Å². The summed E-state index contributed by atoms with van der Waals surface area (Å²) in [5, 5.41) is 7.09. The van der Waals surface area contributed by atoms with E-state index in [1.165, 1.54) is 4.68 Å². The van der Waals surface area contributed by atoms with Gasteiger partial charge in [0, 0.05) is 24.9 Å². The topological polar surface area (TPSA) is 39.1 Å². The Balaban J connectivity index is 2.10. The van der Waals surface area contributed by atoms with Gasteiger partial charge in [-0.05, 0) is 26.8 Å². The van der Waals surface area contributed by atoms with E-state index in [0.29, 0.717) is 6.54 Å². The first-order chi connectivity index (χ1) is 8.58. The molecule has 1 N–H and O–H groups in total. The normalized spacial score (nSPS) is 11.7. The van der Waals surface area contributed by atoms with Crippen LogP contribution in [0, 0.1) is 0 Å². The van der Waals surface area contributed by atoms with Gasteiger partial charge in [0.1, 0.15) is 6.54 Å². The average Bonchev–Trinajstić information content (AvgIpc) is 2.69. The molecule has 0 bridgehead atoms. The van der Waals surface area contributed by atoms with Crippen LogP contribution in [0.4, 0.5) is 8.78 Å². The van der Waals surface area contributed by atoms with Gasteiger partial charge in [-0.15, -0.1) is 0 Å². The minimum atomic E-state index is -2.36. The number of hydrogen-bond donors (Lipinski definition) is 1. The third-order valence-electron chi connectivity index (χ3n) is 2.29. The largest absolute Gasteiger partial charge is 0.379 e. The van der Waals surface area contributed by atoms with Gasteiger partial charge in [0.15, 0.2) is 0 Å². The molecule has 0 aromatic carbocycles. The van der Waals surface area contributed by atoms with Gasteiger partial charge in [0.25, 0.3) is 6.43 Å². The average molecular weight is 261 g/mol. The molecule has 1 rings (SSSR count). The summed E-state index contributed by atoms with van der Waals surface area (Å²) in [6.07, 6.45) is 2.09. The molecule has 0 spiro atoms. The van der Waals surface area contributed by atoms with Crippen LogP contribution < -0.4 is 5.32 Å². The second kappa shape index (κ2) is 8.16. The van der Waals surface area contributed by atoms with E-state index in [9.17, 15) is 8.78 Å². The third kappa shape index (κ3) is 6.66. The monoisotopic (exact) mass is 261 g/mol. The number of nitrogens with one attached hydrogen (secondary N) is 1. The summed E-state index contributed by atoms with van der Waals surface area (Å²) in [5.74, 6) is 0. The second-order valence-electron chi connectivity index (χ2n) is 4.41. The molecule has 0 aliphatic rings. The number of hydrogen-bond acceptors (Lipinski definition) is 3. The van der Waals surface area contributed by atoms with Crippen LogP contribution in [-0.2, 0) is 17.8 Å². The highest BCUT2D eigenvalue weighted by atomic mass is 19.3. The summed E-state index contributed by atoms with van der Waals surface area (Å²) >= 11 is 0. The molecule has 0 amide bonds. The number of halogens is 2. The Kier molecular flexibility index (Phi) is 6.82. The molecule has 0 fully saturated rings. The molecule has 4 nitrogen and oxygen atoms in total. The zero-order valence-corrected chi connectivity index (χ0v) is 10.9. The quantitative estimate of drug-likeness (QED) is 0.692. The summed E-state index contributed by atoms with van der Waals surface area (Å²) < 4.78 is 30.9. The van der Waals surface area contributed by atoms with Crippen molar-refractivity contribution in [2.45, 2.75) is 45.9 Å². The minimum absolute atomic E-state index is 0.262. The zero-order chi connectivity index (χ0) is 13.4. The van der Waals surface area contributed by atoms with Gasteiger partial charge < -0.3 is 10.1 Å². The van der Waals surface area contributed by atoms with Crippen molar-refractivity contribution in [2.24, 2.45) is 0 Å². The van der Waals surface area contributed by atoms with Gasteiger partial charge in [-0.25, -0.2) is 8.78 Å². The molecule has 6 heteroatoms. The molecule has 0 unspecified atom stereocenters. The van der Waals surface area contributed by atoms with Crippen LogP contribution in [0.2, 0.25) is 0 Å². The fraction of sp³-hybridized carbons (Fsp3) is 0.750. The summed E-state index contributed by atoms with van der Waals surface area (Å²) in [7, 11) is 0. The van der Waals surface area contributed by atoms with Crippen LogP contribution in [0.15, 0.2) is 12.4 Å². The van der Waals surface area contributed by atoms with E-state index in [-0.39, 0.29) is 12.6 Å². The van der Waals surface area contributed by atoms with E-state index >= 15 is 0 Å². The lowest BCUT2D eigenvalue weighted by molar-refractivity contribution is 0.0770. The van der Waals surface area contributed by atoms with Crippen molar-refractivity contribution in [1.82, 2.24) is 15.1 Å². The van der Waals surface area contributed by atoms with Crippen molar-refractivity contribution in [1.29, 1.82) is 0 Å². The molecule has 1 aromatic rings. The van der Waals surface area contributed by atoms with Gasteiger partial charge in [0.05, 0.1) is 12.3 Å². The van der Waals surface area contributed by atoms with Crippen molar-refractivity contribution < 1.29 is 13.5 Å². The fourth-order valence-corrected chi connectivity index (χ4v) is 1.49. The molecule has 18 heavy (non-hydrogen) atoms. The Bertz CT molecular complexity index is 329. The number of aromatic nitrogens is 2. The maximum Gasteiger partial charge on any atom is 0.257 e. The first kappa shape index (κ1) is 15.0. The standard InChI is InChI=1S/C12H21F2N3O/c1-10(2)18-5-3-4-15-6-11-7-16-17(8-11)9-12(13)14/h7-8,10,12,15H,3-6,9H2,1-2H3. The van der Waals surface area contributed by atoms with Gasteiger partial charge >= 0.3 is 0 Å². The molecule has 0 radical (unpaired) electrons. The fourth-order valence-electron chi connectivity index (χ4n) is 1.49. The molecular weight excluding hydrogens is 240 g/mol. The van der Waals surface area contributed by atoms with E-state index in [4.69, 9.17) is 4.74 Å². The smallest absolute Gasteiger partial charge is 0.257 e. The molecule has 0 atom stereocenters. The SMILES string of the molecule is CC(C)OCCCNCc1cnn(CC(F)F)c1. The number of rotatable bonds is 9. The lowest BCUT2D eigenvalue weighted by Gasteiger charge is -2.07. The Morgan fingerprint density at radius 1 is 1.44 bits per heavy atom. The van der Waals surface area contributed by atoms with Crippen molar-refractivity contribution >= 4 is 0 Å². The number of alkyl halides is 2. The van der Waals surface area contributed by atoms with E-state index in [2.05, 4.69) is 10.4 Å². The first-order valence-electron chi connectivity index (χ1n) is 6.19. The van der Waals surface area contributed by atoms with Crippen molar-refractivity contribution in [2.75, 3.05) is 13.2 Å². The lowest BCUT2D eigenvalue weighted by Crippen LogP contribution is -2.17. The van der Waals surface area contributed by atoms with Gasteiger partial charge in [-0.3, -0.25) is 4.68 Å². The molecule has 0 aliphatic carbocycles. The van der Waals surface area contributed by atoms with Gasteiger partial charge in [-0.2, -0.15) is 5.10 Å². The molecule has 0 saturated heterocycles. The van der Waals surface area contributed by atoms with Crippen LogP contribution in [0.3, 0.4) is 0 Å². The van der Waals surface area contributed by atoms with Crippen molar-refractivity contribution in [3.63, 3.8) is 0 Å². The van der Waals surface area contributed by atoms with Gasteiger partial charge in [-0.1, -0.05) is 0 Å². The third-order valence-corrected chi connectivity index (χ3v) is 2.29. The molecule has 1 heterocycles. The maximum absolute atomic E-state index is 12.1. The highest BCUT2D eigenvalue weighted by Gasteiger charge is 2.05. The zero-order valence-electron chi connectivity index (χ0n) is 10.9.